The van der Waals surface area contributed by atoms with Gasteiger partial charge in [-0.15, -0.1) is 0 Å². The highest BCUT2D eigenvalue weighted by molar-refractivity contribution is 5.82. The number of amides is 1. The van der Waals surface area contributed by atoms with Crippen LogP contribution in [0, 0.1) is 11.8 Å². The lowest BCUT2D eigenvalue weighted by atomic mass is 10.1. The normalized spacial score (nSPS) is 24.2. The first-order chi connectivity index (χ1) is 8.09. The van der Waals surface area contributed by atoms with Gasteiger partial charge >= 0.3 is 0 Å². The van der Waals surface area contributed by atoms with E-state index in [1.807, 2.05) is 37.4 Å². The standard InChI is InChI=1S/C14H20N2O/c1-10-8-12(10)9-16(2)14(17)13(15)11-6-4-3-5-7-11/h3-7,10,12-13H,8-9,15H2,1-2H3. The summed E-state index contributed by atoms with van der Waals surface area (Å²) in [6.45, 7) is 3.06. The highest BCUT2D eigenvalue weighted by atomic mass is 16.2. The zero-order valence-corrected chi connectivity index (χ0v) is 10.5. The Kier molecular flexibility index (Phi) is 3.48. The molecule has 0 bridgehead atoms. The van der Waals surface area contributed by atoms with Crippen LogP contribution in [0.4, 0.5) is 0 Å². The van der Waals surface area contributed by atoms with Gasteiger partial charge in [-0.1, -0.05) is 37.3 Å². The van der Waals surface area contributed by atoms with E-state index in [0.29, 0.717) is 5.92 Å². The van der Waals surface area contributed by atoms with Gasteiger partial charge in [0.05, 0.1) is 0 Å². The third-order valence-corrected chi connectivity index (χ3v) is 3.59. The summed E-state index contributed by atoms with van der Waals surface area (Å²) in [6.07, 6.45) is 1.23. The molecule has 0 spiro atoms. The third-order valence-electron chi connectivity index (χ3n) is 3.59. The minimum atomic E-state index is -0.532. The first-order valence-electron chi connectivity index (χ1n) is 6.15. The second-order valence-electron chi connectivity index (χ2n) is 5.08. The van der Waals surface area contributed by atoms with Gasteiger partial charge in [0.25, 0.3) is 0 Å². The van der Waals surface area contributed by atoms with Gasteiger partial charge in [0.2, 0.25) is 5.91 Å². The lowest BCUT2D eigenvalue weighted by Gasteiger charge is -2.21. The zero-order valence-electron chi connectivity index (χ0n) is 10.5. The molecule has 0 saturated heterocycles. The summed E-state index contributed by atoms with van der Waals surface area (Å²) in [6, 6.07) is 9.01. The molecular formula is C14H20N2O. The number of nitrogens with zero attached hydrogens (tertiary/aromatic N) is 1. The summed E-state index contributed by atoms with van der Waals surface area (Å²) < 4.78 is 0. The van der Waals surface area contributed by atoms with Crippen molar-refractivity contribution in [2.24, 2.45) is 17.6 Å². The molecule has 0 radical (unpaired) electrons. The Balaban J connectivity index is 1.94. The molecule has 1 aliphatic rings. The van der Waals surface area contributed by atoms with E-state index >= 15 is 0 Å². The molecule has 3 atom stereocenters. The maximum absolute atomic E-state index is 12.1. The number of likely N-dealkylation sites (N-methyl/N-ethyl adjacent to an activating group) is 1. The van der Waals surface area contributed by atoms with Crippen molar-refractivity contribution in [2.45, 2.75) is 19.4 Å². The zero-order chi connectivity index (χ0) is 12.4. The van der Waals surface area contributed by atoms with E-state index < -0.39 is 6.04 Å². The monoisotopic (exact) mass is 232 g/mol. The van der Waals surface area contributed by atoms with Gasteiger partial charge in [0, 0.05) is 13.6 Å². The average Bonchev–Trinajstić information content (AvgIpc) is 3.04. The van der Waals surface area contributed by atoms with E-state index in [9.17, 15) is 4.79 Å². The molecule has 3 heteroatoms. The highest BCUT2D eigenvalue weighted by Crippen LogP contribution is 2.38. The molecule has 0 heterocycles. The van der Waals surface area contributed by atoms with Crippen LogP contribution < -0.4 is 5.73 Å². The van der Waals surface area contributed by atoms with Crippen LogP contribution in [-0.2, 0) is 4.79 Å². The van der Waals surface area contributed by atoms with Crippen LogP contribution >= 0.6 is 0 Å². The fraction of sp³-hybridized carbons (Fsp3) is 0.500. The fourth-order valence-corrected chi connectivity index (χ4v) is 2.14. The summed E-state index contributed by atoms with van der Waals surface area (Å²) in [5.74, 6) is 1.44. The summed E-state index contributed by atoms with van der Waals surface area (Å²) in [7, 11) is 1.84. The summed E-state index contributed by atoms with van der Waals surface area (Å²) in [5, 5.41) is 0. The van der Waals surface area contributed by atoms with Gasteiger partial charge in [-0.05, 0) is 23.8 Å². The number of nitrogens with two attached hydrogens (primary N) is 1. The molecule has 2 N–H and O–H groups in total. The van der Waals surface area contributed by atoms with Gasteiger partial charge in [0.15, 0.2) is 0 Å². The summed E-state index contributed by atoms with van der Waals surface area (Å²) in [5.41, 5.74) is 6.86. The van der Waals surface area contributed by atoms with Gasteiger partial charge in [-0.25, -0.2) is 0 Å². The Morgan fingerprint density at radius 3 is 2.59 bits per heavy atom. The first-order valence-corrected chi connectivity index (χ1v) is 6.15. The van der Waals surface area contributed by atoms with Crippen molar-refractivity contribution in [3.8, 4) is 0 Å². The Morgan fingerprint density at radius 1 is 1.47 bits per heavy atom. The SMILES string of the molecule is CC1CC1CN(C)C(=O)C(N)c1ccccc1. The molecular weight excluding hydrogens is 212 g/mol. The van der Waals surface area contributed by atoms with Crippen LogP contribution in [0.3, 0.4) is 0 Å². The molecule has 1 fully saturated rings. The number of carbonyl (C=O) groups is 1. The minimum Gasteiger partial charge on any atom is -0.344 e. The molecule has 1 aliphatic carbocycles. The minimum absolute atomic E-state index is 0.00954. The Labute approximate surface area is 103 Å². The second kappa shape index (κ2) is 4.88. The van der Waals surface area contributed by atoms with E-state index in [1.165, 1.54) is 6.42 Å². The van der Waals surface area contributed by atoms with E-state index in [4.69, 9.17) is 5.73 Å². The van der Waals surface area contributed by atoms with Gasteiger partial charge in [-0.2, -0.15) is 0 Å². The van der Waals surface area contributed by atoms with Crippen molar-refractivity contribution in [3.63, 3.8) is 0 Å². The van der Waals surface area contributed by atoms with Crippen LogP contribution in [-0.4, -0.2) is 24.4 Å². The molecule has 0 aromatic heterocycles. The van der Waals surface area contributed by atoms with Crippen LogP contribution in [0.25, 0.3) is 0 Å². The molecule has 1 saturated carbocycles. The van der Waals surface area contributed by atoms with Crippen LogP contribution in [0.5, 0.6) is 0 Å². The molecule has 1 amide bonds. The maximum atomic E-state index is 12.1. The van der Waals surface area contributed by atoms with E-state index in [2.05, 4.69) is 6.92 Å². The highest BCUT2D eigenvalue weighted by Gasteiger charge is 2.34. The van der Waals surface area contributed by atoms with Crippen molar-refractivity contribution in [2.75, 3.05) is 13.6 Å². The molecule has 3 unspecified atom stereocenters. The Hall–Kier alpha value is -1.35. The van der Waals surface area contributed by atoms with Crippen molar-refractivity contribution in [1.82, 2.24) is 4.90 Å². The lowest BCUT2D eigenvalue weighted by molar-refractivity contribution is -0.131. The van der Waals surface area contributed by atoms with Gasteiger partial charge < -0.3 is 10.6 Å². The van der Waals surface area contributed by atoms with Crippen LogP contribution in [0.15, 0.2) is 30.3 Å². The number of hydrogen-bond acceptors (Lipinski definition) is 2. The van der Waals surface area contributed by atoms with Crippen LogP contribution in [0.2, 0.25) is 0 Å². The molecule has 92 valence electrons. The molecule has 0 aliphatic heterocycles. The largest absolute Gasteiger partial charge is 0.344 e. The van der Waals surface area contributed by atoms with Crippen molar-refractivity contribution < 1.29 is 4.79 Å². The molecule has 3 nitrogen and oxygen atoms in total. The first kappa shape index (κ1) is 12.1. The lowest BCUT2D eigenvalue weighted by Crippen LogP contribution is -2.37. The summed E-state index contributed by atoms with van der Waals surface area (Å²) in [4.78, 5) is 13.9. The second-order valence-corrected chi connectivity index (χ2v) is 5.08. The number of hydrogen-bond donors (Lipinski definition) is 1. The quantitative estimate of drug-likeness (QED) is 0.860. The number of rotatable bonds is 4. The topological polar surface area (TPSA) is 46.3 Å². The van der Waals surface area contributed by atoms with Crippen molar-refractivity contribution >= 4 is 5.91 Å². The molecule has 1 aromatic rings. The van der Waals surface area contributed by atoms with Crippen LogP contribution in [0.1, 0.15) is 24.9 Å². The predicted octanol–water partition coefficient (Wildman–Crippen LogP) is 1.80. The van der Waals surface area contributed by atoms with Crippen molar-refractivity contribution in [1.29, 1.82) is 0 Å². The van der Waals surface area contributed by atoms with E-state index in [-0.39, 0.29) is 5.91 Å². The molecule has 17 heavy (non-hydrogen) atoms. The average molecular weight is 232 g/mol. The predicted molar refractivity (Wildman–Crippen MR) is 68.3 cm³/mol. The smallest absolute Gasteiger partial charge is 0.243 e. The maximum Gasteiger partial charge on any atom is 0.243 e. The van der Waals surface area contributed by atoms with E-state index in [0.717, 1.165) is 18.0 Å². The van der Waals surface area contributed by atoms with Gasteiger partial charge in [-0.3, -0.25) is 4.79 Å². The molecule has 1 aromatic carbocycles. The summed E-state index contributed by atoms with van der Waals surface area (Å²) >= 11 is 0. The molecule has 2 rings (SSSR count). The Morgan fingerprint density at radius 2 is 2.06 bits per heavy atom. The van der Waals surface area contributed by atoms with Crippen molar-refractivity contribution in [3.05, 3.63) is 35.9 Å². The van der Waals surface area contributed by atoms with Gasteiger partial charge in [0.1, 0.15) is 6.04 Å². The third kappa shape index (κ3) is 2.86. The number of benzene rings is 1. The fourth-order valence-electron chi connectivity index (χ4n) is 2.14. The number of carbonyl (C=O) groups excluding carboxylic acids is 1. The Bertz CT molecular complexity index is 390. The van der Waals surface area contributed by atoms with E-state index in [1.54, 1.807) is 4.90 Å².